The topological polar surface area (TPSA) is 120 Å². The van der Waals surface area contributed by atoms with E-state index in [2.05, 4.69) is 10.5 Å². The van der Waals surface area contributed by atoms with E-state index in [1.54, 1.807) is 24.3 Å². The average Bonchev–Trinajstić information content (AvgIpc) is 2.80. The van der Waals surface area contributed by atoms with Crippen LogP contribution in [0.4, 0.5) is 5.69 Å². The van der Waals surface area contributed by atoms with E-state index in [9.17, 15) is 19.7 Å². The zero-order valence-electron chi connectivity index (χ0n) is 18.0. The Balaban J connectivity index is 1.60. The summed E-state index contributed by atoms with van der Waals surface area (Å²) in [6.45, 7) is 3.58. The van der Waals surface area contributed by atoms with Crippen molar-refractivity contribution in [1.29, 1.82) is 0 Å². The number of para-hydroxylation sites is 2. The molecular formula is C24H21N3O6. The number of carbonyl (C=O) groups is 2. The molecule has 0 aromatic heterocycles. The van der Waals surface area contributed by atoms with Crippen LogP contribution in [0.1, 0.15) is 27.0 Å². The molecule has 0 aliphatic heterocycles. The highest BCUT2D eigenvalue weighted by Gasteiger charge is 2.13. The molecule has 0 aliphatic carbocycles. The number of non-ortho nitro benzene ring substituents is 1. The second kappa shape index (κ2) is 10.7. The zero-order valence-corrected chi connectivity index (χ0v) is 18.0. The molecule has 0 saturated carbocycles. The summed E-state index contributed by atoms with van der Waals surface area (Å²) in [5.41, 5.74) is 4.70. The summed E-state index contributed by atoms with van der Waals surface area (Å²) in [7, 11) is 0. The average molecular weight is 447 g/mol. The minimum absolute atomic E-state index is 0.128. The van der Waals surface area contributed by atoms with Gasteiger partial charge < -0.3 is 9.47 Å². The van der Waals surface area contributed by atoms with Gasteiger partial charge in [0, 0.05) is 17.7 Å². The number of esters is 1. The molecule has 0 atom stereocenters. The monoisotopic (exact) mass is 447 g/mol. The number of nitro benzene ring substituents is 1. The molecule has 0 saturated heterocycles. The van der Waals surface area contributed by atoms with Crippen LogP contribution in [-0.4, -0.2) is 29.6 Å². The third kappa shape index (κ3) is 6.23. The Kier molecular flexibility index (Phi) is 7.48. The number of benzene rings is 3. The van der Waals surface area contributed by atoms with E-state index in [4.69, 9.17) is 9.47 Å². The molecule has 0 unspecified atom stereocenters. The molecule has 0 aliphatic rings. The van der Waals surface area contributed by atoms with E-state index in [0.717, 1.165) is 11.1 Å². The summed E-state index contributed by atoms with van der Waals surface area (Å²) in [5.74, 6) is -0.267. The Bertz CT molecular complexity index is 1180. The van der Waals surface area contributed by atoms with Gasteiger partial charge in [0.15, 0.2) is 6.61 Å². The van der Waals surface area contributed by atoms with Crippen molar-refractivity contribution < 1.29 is 24.0 Å². The van der Waals surface area contributed by atoms with Crippen LogP contribution < -0.4 is 14.9 Å². The Labute approximate surface area is 189 Å². The summed E-state index contributed by atoms with van der Waals surface area (Å²) in [6, 6.07) is 17.4. The lowest BCUT2D eigenvalue weighted by Crippen LogP contribution is -2.25. The first kappa shape index (κ1) is 23.1. The van der Waals surface area contributed by atoms with Gasteiger partial charge in [0.05, 0.1) is 16.7 Å². The van der Waals surface area contributed by atoms with E-state index in [1.807, 2.05) is 32.0 Å². The number of aryl methyl sites for hydroxylation is 2. The van der Waals surface area contributed by atoms with Crippen LogP contribution in [0.3, 0.4) is 0 Å². The first-order chi connectivity index (χ1) is 15.8. The predicted octanol–water partition coefficient (Wildman–Crippen LogP) is 3.96. The van der Waals surface area contributed by atoms with Crippen molar-refractivity contribution in [2.45, 2.75) is 13.8 Å². The van der Waals surface area contributed by atoms with Crippen molar-refractivity contribution in [2.75, 3.05) is 6.61 Å². The Morgan fingerprint density at radius 1 is 1.00 bits per heavy atom. The standard InChI is InChI=1S/C24H21N3O6/c1-16-6-5-7-17(2)23(16)32-15-22(28)26-25-14-19-8-3-4-9-21(19)33-24(29)18-10-12-20(13-11-18)27(30)31/h3-14H,15H2,1-2H3,(H,26,28). The quantitative estimate of drug-likeness (QED) is 0.183. The summed E-state index contributed by atoms with van der Waals surface area (Å²) in [5, 5.41) is 14.6. The lowest BCUT2D eigenvalue weighted by atomic mass is 10.1. The number of hydrogen-bond donors (Lipinski definition) is 1. The Morgan fingerprint density at radius 2 is 1.67 bits per heavy atom. The predicted molar refractivity (Wildman–Crippen MR) is 122 cm³/mol. The van der Waals surface area contributed by atoms with Crippen LogP contribution in [0, 0.1) is 24.0 Å². The summed E-state index contributed by atoms with van der Waals surface area (Å²) < 4.78 is 11.0. The van der Waals surface area contributed by atoms with E-state index in [1.165, 1.54) is 30.5 Å². The lowest BCUT2D eigenvalue weighted by Gasteiger charge is -2.10. The number of nitrogens with one attached hydrogen (secondary N) is 1. The summed E-state index contributed by atoms with van der Waals surface area (Å²) in [6.07, 6.45) is 1.34. The normalized spacial score (nSPS) is 10.6. The largest absolute Gasteiger partial charge is 0.483 e. The molecule has 1 N–H and O–H groups in total. The van der Waals surface area contributed by atoms with Crippen molar-refractivity contribution in [3.63, 3.8) is 0 Å². The zero-order chi connectivity index (χ0) is 23.8. The van der Waals surface area contributed by atoms with Gasteiger partial charge >= 0.3 is 5.97 Å². The molecule has 33 heavy (non-hydrogen) atoms. The maximum atomic E-state index is 12.4. The summed E-state index contributed by atoms with van der Waals surface area (Å²) >= 11 is 0. The second-order valence-electron chi connectivity index (χ2n) is 7.03. The highest BCUT2D eigenvalue weighted by atomic mass is 16.6. The second-order valence-corrected chi connectivity index (χ2v) is 7.03. The van der Waals surface area contributed by atoms with E-state index < -0.39 is 16.8 Å². The fourth-order valence-electron chi connectivity index (χ4n) is 2.93. The number of hydrazone groups is 1. The van der Waals surface area contributed by atoms with Gasteiger partial charge in [-0.1, -0.05) is 30.3 Å². The molecule has 0 radical (unpaired) electrons. The maximum Gasteiger partial charge on any atom is 0.343 e. The van der Waals surface area contributed by atoms with Gasteiger partial charge in [-0.3, -0.25) is 14.9 Å². The SMILES string of the molecule is Cc1cccc(C)c1OCC(=O)NN=Cc1ccccc1OC(=O)c1ccc([N+](=O)[O-])cc1. The number of ether oxygens (including phenoxy) is 2. The molecule has 9 heteroatoms. The van der Waals surface area contributed by atoms with Crippen LogP contribution in [0.15, 0.2) is 71.8 Å². The van der Waals surface area contributed by atoms with Crippen molar-refractivity contribution in [1.82, 2.24) is 5.43 Å². The van der Waals surface area contributed by atoms with E-state index in [0.29, 0.717) is 11.3 Å². The molecule has 0 fully saturated rings. The third-order valence-corrected chi connectivity index (χ3v) is 4.58. The van der Waals surface area contributed by atoms with Crippen LogP contribution in [0.25, 0.3) is 0 Å². The Morgan fingerprint density at radius 3 is 2.33 bits per heavy atom. The van der Waals surface area contributed by atoms with Gasteiger partial charge in [-0.2, -0.15) is 5.10 Å². The molecule has 0 spiro atoms. The van der Waals surface area contributed by atoms with Crippen LogP contribution >= 0.6 is 0 Å². The molecule has 0 bridgehead atoms. The first-order valence-electron chi connectivity index (χ1n) is 9.91. The molecule has 0 heterocycles. The van der Waals surface area contributed by atoms with Crippen LogP contribution in [0.5, 0.6) is 11.5 Å². The number of nitro groups is 1. The smallest absolute Gasteiger partial charge is 0.343 e. The van der Waals surface area contributed by atoms with Crippen molar-refractivity contribution in [3.05, 3.63) is 99.1 Å². The summed E-state index contributed by atoms with van der Waals surface area (Å²) in [4.78, 5) is 34.6. The molecule has 3 rings (SSSR count). The van der Waals surface area contributed by atoms with Crippen molar-refractivity contribution in [2.24, 2.45) is 5.10 Å². The molecule has 3 aromatic carbocycles. The van der Waals surface area contributed by atoms with E-state index >= 15 is 0 Å². The molecule has 168 valence electrons. The highest BCUT2D eigenvalue weighted by molar-refractivity contribution is 5.93. The lowest BCUT2D eigenvalue weighted by molar-refractivity contribution is -0.384. The van der Waals surface area contributed by atoms with Crippen molar-refractivity contribution >= 4 is 23.8 Å². The number of rotatable bonds is 8. The van der Waals surface area contributed by atoms with Gasteiger partial charge in [0.1, 0.15) is 11.5 Å². The fraction of sp³-hybridized carbons (Fsp3) is 0.125. The highest BCUT2D eigenvalue weighted by Crippen LogP contribution is 2.22. The van der Waals surface area contributed by atoms with Gasteiger partial charge in [0.2, 0.25) is 0 Å². The third-order valence-electron chi connectivity index (χ3n) is 4.58. The first-order valence-corrected chi connectivity index (χ1v) is 9.91. The number of nitrogens with zero attached hydrogens (tertiary/aromatic N) is 2. The number of hydrogen-bond acceptors (Lipinski definition) is 7. The molecular weight excluding hydrogens is 426 g/mol. The van der Waals surface area contributed by atoms with Gasteiger partial charge in [-0.05, 0) is 49.2 Å². The molecule has 3 aromatic rings. The van der Waals surface area contributed by atoms with Gasteiger partial charge in [0.25, 0.3) is 11.6 Å². The number of amides is 1. The fourth-order valence-corrected chi connectivity index (χ4v) is 2.93. The number of carbonyl (C=O) groups excluding carboxylic acids is 2. The van der Waals surface area contributed by atoms with E-state index in [-0.39, 0.29) is 23.6 Å². The minimum Gasteiger partial charge on any atom is -0.483 e. The minimum atomic E-state index is -0.684. The van der Waals surface area contributed by atoms with Gasteiger partial charge in [-0.25, -0.2) is 10.2 Å². The van der Waals surface area contributed by atoms with Crippen LogP contribution in [0.2, 0.25) is 0 Å². The maximum absolute atomic E-state index is 12.4. The molecule has 1 amide bonds. The van der Waals surface area contributed by atoms with Crippen LogP contribution in [-0.2, 0) is 4.79 Å². The molecule has 9 nitrogen and oxygen atoms in total. The van der Waals surface area contributed by atoms with Crippen molar-refractivity contribution in [3.8, 4) is 11.5 Å². The van der Waals surface area contributed by atoms with Gasteiger partial charge in [-0.15, -0.1) is 0 Å². The Hall–Kier alpha value is -4.53.